The zero-order chi connectivity index (χ0) is 16.8. The minimum absolute atomic E-state index is 0.388. The van der Waals surface area contributed by atoms with Gasteiger partial charge in [0.2, 0.25) is 0 Å². The van der Waals surface area contributed by atoms with Gasteiger partial charge in [-0.3, -0.25) is 4.79 Å². The first kappa shape index (κ1) is 17.6. The Hall–Kier alpha value is -1.75. The summed E-state index contributed by atoms with van der Waals surface area (Å²) in [6.45, 7) is 1.62. The van der Waals surface area contributed by atoms with Crippen molar-refractivity contribution in [3.8, 4) is 5.75 Å². The summed E-state index contributed by atoms with van der Waals surface area (Å²) < 4.78 is 5.49. The molecule has 0 aliphatic heterocycles. The van der Waals surface area contributed by atoms with Crippen molar-refractivity contribution in [2.24, 2.45) is 5.10 Å². The second-order valence-electron chi connectivity index (χ2n) is 4.61. The number of nitrogens with zero attached hydrogens (tertiary/aromatic N) is 1. The predicted octanol–water partition coefficient (Wildman–Crippen LogP) is 4.56. The van der Waals surface area contributed by atoms with E-state index in [1.54, 1.807) is 49.4 Å². The second kappa shape index (κ2) is 8.20. The Morgan fingerprint density at radius 1 is 1.13 bits per heavy atom. The van der Waals surface area contributed by atoms with Crippen LogP contribution in [0.25, 0.3) is 0 Å². The van der Waals surface area contributed by atoms with Gasteiger partial charge in [0, 0.05) is 15.6 Å². The van der Waals surface area contributed by atoms with Crippen LogP contribution in [0.3, 0.4) is 0 Å². The highest BCUT2D eigenvalue weighted by atomic mass is 35.5. The number of halogens is 3. The summed E-state index contributed by atoms with van der Waals surface area (Å²) in [6, 6.07) is 11.7. The number of amides is 1. The summed E-state index contributed by atoms with van der Waals surface area (Å²) in [4.78, 5) is 11.9. The molecular weight excluding hydrogens is 359 g/mol. The SMILES string of the molecule is CC(Oc1ccc(Cl)cc1)C(=O)N/N=C/c1ccc(Cl)cc1Cl. The Kier molecular flexibility index (Phi) is 6.28. The minimum Gasteiger partial charge on any atom is -0.481 e. The lowest BCUT2D eigenvalue weighted by atomic mass is 10.2. The molecule has 4 nitrogen and oxygen atoms in total. The summed E-state index contributed by atoms with van der Waals surface area (Å²) in [5.41, 5.74) is 3.03. The van der Waals surface area contributed by atoms with Gasteiger partial charge in [0.25, 0.3) is 5.91 Å². The molecule has 7 heteroatoms. The molecule has 2 aromatic carbocycles. The molecule has 0 fully saturated rings. The van der Waals surface area contributed by atoms with E-state index in [0.717, 1.165) is 0 Å². The quantitative estimate of drug-likeness (QED) is 0.618. The van der Waals surface area contributed by atoms with Gasteiger partial charge >= 0.3 is 0 Å². The molecule has 1 unspecified atom stereocenters. The highest BCUT2D eigenvalue weighted by molar-refractivity contribution is 6.36. The Labute approximate surface area is 149 Å². The molecule has 0 aromatic heterocycles. The molecule has 120 valence electrons. The minimum atomic E-state index is -0.714. The lowest BCUT2D eigenvalue weighted by Gasteiger charge is -2.12. The lowest BCUT2D eigenvalue weighted by molar-refractivity contribution is -0.127. The molecule has 0 aliphatic carbocycles. The largest absolute Gasteiger partial charge is 0.481 e. The monoisotopic (exact) mass is 370 g/mol. The Morgan fingerprint density at radius 2 is 1.78 bits per heavy atom. The number of carbonyl (C=O) groups excluding carboxylic acids is 1. The third-order valence-corrected chi connectivity index (χ3v) is 3.65. The summed E-state index contributed by atoms with van der Waals surface area (Å²) in [6.07, 6.45) is 0.722. The molecule has 0 spiro atoms. The third-order valence-electron chi connectivity index (χ3n) is 2.84. The first-order valence-corrected chi connectivity index (χ1v) is 7.79. The van der Waals surface area contributed by atoms with Crippen LogP contribution in [-0.2, 0) is 4.79 Å². The zero-order valence-electron chi connectivity index (χ0n) is 12.1. The van der Waals surface area contributed by atoms with Crippen LogP contribution in [0.2, 0.25) is 15.1 Å². The van der Waals surface area contributed by atoms with Crippen molar-refractivity contribution < 1.29 is 9.53 Å². The van der Waals surface area contributed by atoms with Crippen LogP contribution in [0, 0.1) is 0 Å². The van der Waals surface area contributed by atoms with Crippen molar-refractivity contribution in [1.82, 2.24) is 5.43 Å². The molecule has 0 saturated heterocycles. The van der Waals surface area contributed by atoms with Crippen molar-refractivity contribution >= 4 is 46.9 Å². The molecule has 2 aromatic rings. The first-order chi connectivity index (χ1) is 11.0. The van der Waals surface area contributed by atoms with E-state index in [4.69, 9.17) is 39.5 Å². The van der Waals surface area contributed by atoms with E-state index in [1.165, 1.54) is 6.21 Å². The van der Waals surface area contributed by atoms with Crippen molar-refractivity contribution in [3.05, 3.63) is 63.1 Å². The van der Waals surface area contributed by atoms with Crippen LogP contribution in [0.1, 0.15) is 12.5 Å². The fraction of sp³-hybridized carbons (Fsp3) is 0.125. The maximum absolute atomic E-state index is 11.9. The molecule has 1 atom stereocenters. The van der Waals surface area contributed by atoms with Crippen LogP contribution in [0.4, 0.5) is 0 Å². The molecule has 2 rings (SSSR count). The topological polar surface area (TPSA) is 50.7 Å². The van der Waals surface area contributed by atoms with E-state index in [1.807, 2.05) is 0 Å². The summed E-state index contributed by atoms with van der Waals surface area (Å²) in [5, 5.41) is 5.43. The van der Waals surface area contributed by atoms with E-state index in [2.05, 4.69) is 10.5 Å². The van der Waals surface area contributed by atoms with Crippen LogP contribution in [-0.4, -0.2) is 18.2 Å². The van der Waals surface area contributed by atoms with Crippen molar-refractivity contribution in [3.63, 3.8) is 0 Å². The highest BCUT2D eigenvalue weighted by Crippen LogP contribution is 2.19. The van der Waals surface area contributed by atoms with Crippen LogP contribution in [0.15, 0.2) is 47.6 Å². The number of carbonyl (C=O) groups is 1. The summed E-state index contributed by atoms with van der Waals surface area (Å²) >= 11 is 17.6. The maximum Gasteiger partial charge on any atom is 0.280 e. The average Bonchev–Trinajstić information content (AvgIpc) is 2.51. The number of rotatable bonds is 5. The maximum atomic E-state index is 11.9. The van der Waals surface area contributed by atoms with Gasteiger partial charge in [0.1, 0.15) is 5.75 Å². The Morgan fingerprint density at radius 3 is 2.43 bits per heavy atom. The fourth-order valence-corrected chi connectivity index (χ4v) is 2.22. The van der Waals surface area contributed by atoms with Gasteiger partial charge < -0.3 is 4.74 Å². The first-order valence-electron chi connectivity index (χ1n) is 6.66. The molecule has 0 aliphatic rings. The number of hydrogen-bond acceptors (Lipinski definition) is 3. The normalized spacial score (nSPS) is 12.2. The van der Waals surface area contributed by atoms with Gasteiger partial charge in [0.15, 0.2) is 6.10 Å². The van der Waals surface area contributed by atoms with E-state index in [-0.39, 0.29) is 5.91 Å². The third kappa shape index (κ3) is 5.43. The molecule has 0 radical (unpaired) electrons. The van der Waals surface area contributed by atoms with Gasteiger partial charge in [-0.15, -0.1) is 0 Å². The van der Waals surface area contributed by atoms with Crippen LogP contribution in [0.5, 0.6) is 5.75 Å². The smallest absolute Gasteiger partial charge is 0.280 e. The number of hydrogen-bond donors (Lipinski definition) is 1. The standard InChI is InChI=1S/C16H13Cl3N2O2/c1-10(23-14-6-4-12(17)5-7-14)16(22)21-20-9-11-2-3-13(18)8-15(11)19/h2-10H,1H3,(H,21,22)/b20-9+. The van der Waals surface area contributed by atoms with E-state index in [0.29, 0.717) is 26.4 Å². The van der Waals surface area contributed by atoms with Gasteiger partial charge in [-0.05, 0) is 43.3 Å². The van der Waals surface area contributed by atoms with Crippen molar-refractivity contribution in [2.45, 2.75) is 13.0 Å². The molecule has 23 heavy (non-hydrogen) atoms. The number of nitrogens with one attached hydrogen (secondary N) is 1. The molecule has 0 heterocycles. The molecule has 1 N–H and O–H groups in total. The van der Waals surface area contributed by atoms with Crippen molar-refractivity contribution in [1.29, 1.82) is 0 Å². The Balaban J connectivity index is 1.90. The van der Waals surface area contributed by atoms with Crippen molar-refractivity contribution in [2.75, 3.05) is 0 Å². The predicted molar refractivity (Wildman–Crippen MR) is 93.7 cm³/mol. The molecule has 0 saturated carbocycles. The number of benzene rings is 2. The highest BCUT2D eigenvalue weighted by Gasteiger charge is 2.13. The zero-order valence-corrected chi connectivity index (χ0v) is 14.4. The van der Waals surface area contributed by atoms with Gasteiger partial charge in [0.05, 0.1) is 11.2 Å². The number of hydrazone groups is 1. The number of ether oxygens (including phenoxy) is 1. The van der Waals surface area contributed by atoms with E-state index >= 15 is 0 Å². The average molecular weight is 372 g/mol. The lowest BCUT2D eigenvalue weighted by Crippen LogP contribution is -2.33. The van der Waals surface area contributed by atoms with Crippen LogP contribution < -0.4 is 10.2 Å². The van der Waals surface area contributed by atoms with Gasteiger partial charge in [-0.25, -0.2) is 5.43 Å². The van der Waals surface area contributed by atoms with E-state index in [9.17, 15) is 4.79 Å². The van der Waals surface area contributed by atoms with Gasteiger partial charge in [-0.2, -0.15) is 5.10 Å². The van der Waals surface area contributed by atoms with E-state index < -0.39 is 6.10 Å². The Bertz CT molecular complexity index is 718. The molecular formula is C16H13Cl3N2O2. The second-order valence-corrected chi connectivity index (χ2v) is 5.89. The molecule has 0 bridgehead atoms. The van der Waals surface area contributed by atoms with Crippen LogP contribution >= 0.6 is 34.8 Å². The molecule has 1 amide bonds. The summed E-state index contributed by atoms with van der Waals surface area (Å²) in [7, 11) is 0. The van der Waals surface area contributed by atoms with Gasteiger partial charge in [-0.1, -0.05) is 40.9 Å². The fourth-order valence-electron chi connectivity index (χ4n) is 1.63. The summed E-state index contributed by atoms with van der Waals surface area (Å²) in [5.74, 6) is 0.156.